The maximum absolute atomic E-state index is 11.9. The second kappa shape index (κ2) is 5.51. The molecule has 2 rings (SSSR count). The predicted octanol–water partition coefficient (Wildman–Crippen LogP) is 4.91. The Hall–Kier alpha value is -1.38. The first-order chi connectivity index (χ1) is 8.56. The third-order valence-electron chi connectivity index (χ3n) is 2.62. The first kappa shape index (κ1) is 13.1. The highest BCUT2D eigenvalue weighted by Gasteiger charge is 2.03. The van der Waals surface area contributed by atoms with Gasteiger partial charge in [0, 0.05) is 20.3 Å². The smallest absolute Gasteiger partial charge is 0.185 e. The lowest BCUT2D eigenvalue weighted by Crippen LogP contribution is -1.92. The fourth-order valence-electron chi connectivity index (χ4n) is 1.69. The van der Waals surface area contributed by atoms with Crippen molar-refractivity contribution < 1.29 is 4.79 Å². The summed E-state index contributed by atoms with van der Waals surface area (Å²) in [6.07, 6.45) is 3.48. The number of rotatable bonds is 3. The van der Waals surface area contributed by atoms with Gasteiger partial charge in [-0.1, -0.05) is 11.6 Å². The molecule has 2 aromatic rings. The minimum atomic E-state index is -0.00470. The predicted molar refractivity (Wildman–Crippen MR) is 78.6 cm³/mol. The normalized spacial score (nSPS) is 11.1. The first-order valence-corrected chi connectivity index (χ1v) is 6.81. The van der Waals surface area contributed by atoms with Crippen LogP contribution in [-0.2, 0) is 0 Å². The maximum atomic E-state index is 11.9. The molecule has 1 nitrogen and oxygen atoms in total. The molecular weight excluding hydrogens is 264 g/mol. The molecule has 0 amide bonds. The largest absolute Gasteiger partial charge is 0.289 e. The number of carbonyl (C=O) groups excluding carboxylic acids is 1. The number of hydrogen-bond donors (Lipinski definition) is 0. The van der Waals surface area contributed by atoms with Crippen LogP contribution in [0.5, 0.6) is 0 Å². The van der Waals surface area contributed by atoms with Gasteiger partial charge in [-0.3, -0.25) is 4.79 Å². The maximum Gasteiger partial charge on any atom is 0.185 e. The first-order valence-electron chi connectivity index (χ1n) is 5.61. The van der Waals surface area contributed by atoms with Gasteiger partial charge in [-0.25, -0.2) is 0 Å². The van der Waals surface area contributed by atoms with E-state index < -0.39 is 0 Å². The minimum absolute atomic E-state index is 0.00470. The Morgan fingerprint density at radius 2 is 1.89 bits per heavy atom. The number of allylic oxidation sites excluding steroid dienone is 1. The van der Waals surface area contributed by atoms with Crippen molar-refractivity contribution in [3.8, 4) is 0 Å². The van der Waals surface area contributed by atoms with Crippen LogP contribution >= 0.6 is 22.9 Å². The summed E-state index contributed by atoms with van der Waals surface area (Å²) < 4.78 is 0. The lowest BCUT2D eigenvalue weighted by Gasteiger charge is -1.95. The van der Waals surface area contributed by atoms with E-state index in [0.717, 1.165) is 5.56 Å². The summed E-state index contributed by atoms with van der Waals surface area (Å²) in [4.78, 5) is 14.4. The Labute approximate surface area is 116 Å². The second-order valence-corrected chi connectivity index (χ2v) is 5.97. The molecule has 0 aliphatic rings. The molecule has 0 unspecified atom stereocenters. The number of aryl methyl sites for hydroxylation is 2. The number of halogens is 1. The van der Waals surface area contributed by atoms with Crippen LogP contribution in [0.25, 0.3) is 6.08 Å². The van der Waals surface area contributed by atoms with Gasteiger partial charge in [-0.15, -0.1) is 11.3 Å². The molecule has 18 heavy (non-hydrogen) atoms. The van der Waals surface area contributed by atoms with E-state index in [4.69, 9.17) is 11.6 Å². The van der Waals surface area contributed by atoms with Crippen LogP contribution < -0.4 is 0 Å². The molecule has 0 atom stereocenters. The molecular formula is C15H13ClOS. The van der Waals surface area contributed by atoms with Gasteiger partial charge >= 0.3 is 0 Å². The molecule has 1 aromatic heterocycles. The molecule has 0 radical (unpaired) electrons. The fraction of sp³-hybridized carbons (Fsp3) is 0.133. The number of hydrogen-bond acceptors (Lipinski definition) is 2. The molecule has 92 valence electrons. The van der Waals surface area contributed by atoms with E-state index >= 15 is 0 Å². The third kappa shape index (κ3) is 3.09. The van der Waals surface area contributed by atoms with Crippen molar-refractivity contribution in [2.75, 3.05) is 0 Å². The monoisotopic (exact) mass is 276 g/mol. The highest BCUT2D eigenvalue weighted by Crippen LogP contribution is 2.22. The highest BCUT2D eigenvalue weighted by molar-refractivity contribution is 7.12. The number of thiophene rings is 1. The standard InChI is InChI=1S/C15H13ClOS/c1-10-9-13(11(2)18-10)5-8-15(17)12-3-6-14(16)7-4-12/h3-9H,1-2H3/b8-5+. The lowest BCUT2D eigenvalue weighted by atomic mass is 10.1. The van der Waals surface area contributed by atoms with Crippen LogP contribution in [0.15, 0.2) is 36.4 Å². The number of benzene rings is 1. The zero-order valence-electron chi connectivity index (χ0n) is 10.2. The summed E-state index contributed by atoms with van der Waals surface area (Å²) in [5.41, 5.74) is 1.76. The summed E-state index contributed by atoms with van der Waals surface area (Å²) >= 11 is 7.52. The zero-order valence-corrected chi connectivity index (χ0v) is 11.8. The third-order valence-corrected chi connectivity index (χ3v) is 3.86. The summed E-state index contributed by atoms with van der Waals surface area (Å²) in [5.74, 6) is -0.00470. The second-order valence-electron chi connectivity index (χ2n) is 4.07. The van der Waals surface area contributed by atoms with Crippen molar-refractivity contribution in [1.29, 1.82) is 0 Å². The van der Waals surface area contributed by atoms with E-state index in [-0.39, 0.29) is 5.78 Å². The van der Waals surface area contributed by atoms with Crippen LogP contribution in [0.4, 0.5) is 0 Å². The summed E-state index contributed by atoms with van der Waals surface area (Å²) in [7, 11) is 0. The zero-order chi connectivity index (χ0) is 13.1. The average molecular weight is 277 g/mol. The molecule has 0 aliphatic heterocycles. The molecule has 0 bridgehead atoms. The van der Waals surface area contributed by atoms with Crippen molar-refractivity contribution in [2.24, 2.45) is 0 Å². The molecule has 0 N–H and O–H groups in total. The van der Waals surface area contributed by atoms with Gasteiger partial charge in [0.15, 0.2) is 5.78 Å². The van der Waals surface area contributed by atoms with Crippen molar-refractivity contribution in [3.05, 3.63) is 62.3 Å². The van der Waals surface area contributed by atoms with Gasteiger partial charge in [-0.2, -0.15) is 0 Å². The molecule has 0 fully saturated rings. The van der Waals surface area contributed by atoms with Gasteiger partial charge in [0.1, 0.15) is 0 Å². The lowest BCUT2D eigenvalue weighted by molar-refractivity contribution is 0.104. The van der Waals surface area contributed by atoms with Gasteiger partial charge in [0.25, 0.3) is 0 Å². The molecule has 0 saturated heterocycles. The highest BCUT2D eigenvalue weighted by atomic mass is 35.5. The Bertz CT molecular complexity index is 593. The van der Waals surface area contributed by atoms with E-state index in [9.17, 15) is 4.79 Å². The topological polar surface area (TPSA) is 17.1 Å². The van der Waals surface area contributed by atoms with E-state index in [1.807, 2.05) is 6.08 Å². The Kier molecular flexibility index (Phi) is 4.00. The summed E-state index contributed by atoms with van der Waals surface area (Å²) in [6, 6.07) is 9.01. The van der Waals surface area contributed by atoms with Crippen LogP contribution in [-0.4, -0.2) is 5.78 Å². The van der Waals surface area contributed by atoms with Gasteiger partial charge in [0.2, 0.25) is 0 Å². The van der Waals surface area contributed by atoms with E-state index in [1.54, 1.807) is 41.7 Å². The van der Waals surface area contributed by atoms with Crippen molar-refractivity contribution in [1.82, 2.24) is 0 Å². The van der Waals surface area contributed by atoms with Crippen molar-refractivity contribution >= 4 is 34.8 Å². The minimum Gasteiger partial charge on any atom is -0.289 e. The Morgan fingerprint density at radius 1 is 1.22 bits per heavy atom. The van der Waals surface area contributed by atoms with Crippen molar-refractivity contribution in [2.45, 2.75) is 13.8 Å². The quantitative estimate of drug-likeness (QED) is 0.575. The number of ketones is 1. The Balaban J connectivity index is 2.16. The SMILES string of the molecule is Cc1cc(/C=C/C(=O)c2ccc(Cl)cc2)c(C)s1. The van der Waals surface area contributed by atoms with Gasteiger partial charge < -0.3 is 0 Å². The molecule has 0 spiro atoms. The van der Waals surface area contributed by atoms with Crippen LogP contribution in [0.1, 0.15) is 25.7 Å². The molecule has 1 heterocycles. The van der Waals surface area contributed by atoms with Crippen molar-refractivity contribution in [3.63, 3.8) is 0 Å². The number of carbonyl (C=O) groups is 1. The molecule has 1 aromatic carbocycles. The summed E-state index contributed by atoms with van der Waals surface area (Å²) in [6.45, 7) is 4.13. The van der Waals surface area contributed by atoms with Crippen LogP contribution in [0, 0.1) is 13.8 Å². The van der Waals surface area contributed by atoms with Gasteiger partial charge in [-0.05, 0) is 61.9 Å². The molecule has 0 aliphatic carbocycles. The fourth-order valence-corrected chi connectivity index (χ4v) is 2.73. The van der Waals surface area contributed by atoms with Crippen LogP contribution in [0.3, 0.4) is 0 Å². The summed E-state index contributed by atoms with van der Waals surface area (Å²) in [5, 5.41) is 0.639. The van der Waals surface area contributed by atoms with Crippen LogP contribution in [0.2, 0.25) is 5.02 Å². The molecule has 3 heteroatoms. The average Bonchev–Trinajstić information content (AvgIpc) is 2.66. The van der Waals surface area contributed by atoms with E-state index in [1.165, 1.54) is 9.75 Å². The molecule has 0 saturated carbocycles. The van der Waals surface area contributed by atoms with Gasteiger partial charge in [0.05, 0.1) is 0 Å². The van der Waals surface area contributed by atoms with E-state index in [0.29, 0.717) is 10.6 Å². The van der Waals surface area contributed by atoms with E-state index in [2.05, 4.69) is 19.9 Å². The Morgan fingerprint density at radius 3 is 2.44 bits per heavy atom.